The SMILES string of the molecule is O=C(c1ccc2c(c1)OCCO2)N(Cc1ccccc1)c1nc2c(F)cc(F)cc2s1. The van der Waals surface area contributed by atoms with Gasteiger partial charge in [0.25, 0.3) is 5.91 Å². The molecule has 0 fully saturated rings. The molecule has 0 N–H and O–H groups in total. The molecular weight excluding hydrogens is 422 g/mol. The molecule has 1 aromatic heterocycles. The van der Waals surface area contributed by atoms with Crippen LogP contribution in [0, 0.1) is 11.6 Å². The van der Waals surface area contributed by atoms with Gasteiger partial charge in [-0.05, 0) is 29.8 Å². The first-order chi connectivity index (χ1) is 15.1. The summed E-state index contributed by atoms with van der Waals surface area (Å²) in [6.45, 7) is 1.08. The molecular formula is C23H16F2N2O3S. The van der Waals surface area contributed by atoms with E-state index in [0.717, 1.165) is 23.0 Å². The van der Waals surface area contributed by atoms with E-state index >= 15 is 0 Å². The van der Waals surface area contributed by atoms with E-state index in [0.29, 0.717) is 35.0 Å². The topological polar surface area (TPSA) is 51.7 Å². The Hall–Kier alpha value is -3.52. The van der Waals surface area contributed by atoms with Crippen LogP contribution in [0.2, 0.25) is 0 Å². The van der Waals surface area contributed by atoms with Gasteiger partial charge in [0.1, 0.15) is 24.5 Å². The second-order valence-electron chi connectivity index (χ2n) is 6.97. The summed E-state index contributed by atoms with van der Waals surface area (Å²) >= 11 is 1.06. The summed E-state index contributed by atoms with van der Waals surface area (Å²) in [5.41, 5.74) is 1.29. The Morgan fingerprint density at radius 3 is 2.58 bits per heavy atom. The number of hydrogen-bond donors (Lipinski definition) is 0. The fourth-order valence-corrected chi connectivity index (χ4v) is 4.39. The van der Waals surface area contributed by atoms with Crippen LogP contribution in [0.5, 0.6) is 11.5 Å². The minimum Gasteiger partial charge on any atom is -0.486 e. The van der Waals surface area contributed by atoms with Crippen molar-refractivity contribution in [3.05, 3.63) is 83.4 Å². The predicted molar refractivity (Wildman–Crippen MR) is 114 cm³/mol. The lowest BCUT2D eigenvalue weighted by atomic mass is 10.1. The number of fused-ring (bicyclic) bond motifs is 2. The average molecular weight is 438 g/mol. The van der Waals surface area contributed by atoms with Crippen molar-refractivity contribution in [2.75, 3.05) is 18.1 Å². The molecule has 156 valence electrons. The van der Waals surface area contributed by atoms with Crippen LogP contribution < -0.4 is 14.4 Å². The highest BCUT2D eigenvalue weighted by Gasteiger charge is 2.24. The lowest BCUT2D eigenvalue weighted by Crippen LogP contribution is -2.30. The monoisotopic (exact) mass is 438 g/mol. The molecule has 1 aliphatic heterocycles. The number of ether oxygens (including phenoxy) is 2. The largest absolute Gasteiger partial charge is 0.486 e. The van der Waals surface area contributed by atoms with E-state index in [-0.39, 0.29) is 23.1 Å². The zero-order valence-electron chi connectivity index (χ0n) is 16.2. The molecule has 0 saturated carbocycles. The second-order valence-corrected chi connectivity index (χ2v) is 7.98. The van der Waals surface area contributed by atoms with Gasteiger partial charge in [-0.25, -0.2) is 13.8 Å². The number of rotatable bonds is 4. The highest BCUT2D eigenvalue weighted by Crippen LogP contribution is 2.35. The van der Waals surface area contributed by atoms with E-state index in [4.69, 9.17) is 9.47 Å². The maximum absolute atomic E-state index is 14.2. The Balaban J connectivity index is 1.57. The lowest BCUT2D eigenvalue weighted by Gasteiger charge is -2.22. The summed E-state index contributed by atoms with van der Waals surface area (Å²) in [6, 6.07) is 16.4. The Kier molecular flexibility index (Phi) is 4.99. The molecule has 0 spiro atoms. The Morgan fingerprint density at radius 1 is 1.00 bits per heavy atom. The summed E-state index contributed by atoms with van der Waals surface area (Å²) in [6.07, 6.45) is 0. The zero-order valence-corrected chi connectivity index (χ0v) is 17.0. The van der Waals surface area contributed by atoms with Crippen molar-refractivity contribution in [2.24, 2.45) is 0 Å². The first-order valence-electron chi connectivity index (χ1n) is 9.59. The molecule has 31 heavy (non-hydrogen) atoms. The predicted octanol–water partition coefficient (Wildman–Crippen LogP) is 5.19. The van der Waals surface area contributed by atoms with Crippen molar-refractivity contribution < 1.29 is 23.0 Å². The standard InChI is InChI=1S/C23H16F2N2O3S/c24-16-11-17(25)21-20(12-16)31-23(26-21)27(13-14-4-2-1-3-5-14)22(28)15-6-7-18-19(10-15)30-9-8-29-18/h1-7,10-12H,8-9,13H2. The summed E-state index contributed by atoms with van der Waals surface area (Å²) in [4.78, 5) is 19.3. The van der Waals surface area contributed by atoms with Gasteiger partial charge in [0.05, 0.1) is 11.2 Å². The van der Waals surface area contributed by atoms with Gasteiger partial charge in [-0.15, -0.1) is 0 Å². The summed E-state index contributed by atoms with van der Waals surface area (Å²) in [7, 11) is 0. The van der Waals surface area contributed by atoms with Gasteiger partial charge in [0, 0.05) is 11.6 Å². The van der Waals surface area contributed by atoms with Gasteiger partial charge in [-0.2, -0.15) is 0 Å². The van der Waals surface area contributed by atoms with Crippen LogP contribution in [0.25, 0.3) is 10.2 Å². The number of anilines is 1. The van der Waals surface area contributed by atoms with E-state index in [1.54, 1.807) is 18.2 Å². The van der Waals surface area contributed by atoms with Crippen LogP contribution in [-0.2, 0) is 6.54 Å². The molecule has 0 atom stereocenters. The lowest BCUT2D eigenvalue weighted by molar-refractivity contribution is 0.0984. The van der Waals surface area contributed by atoms with Gasteiger partial charge in [-0.1, -0.05) is 41.7 Å². The first-order valence-corrected chi connectivity index (χ1v) is 10.4. The van der Waals surface area contributed by atoms with Gasteiger partial charge in [-0.3, -0.25) is 9.69 Å². The van der Waals surface area contributed by atoms with Crippen LogP contribution >= 0.6 is 11.3 Å². The third-order valence-corrected chi connectivity index (χ3v) is 5.88. The van der Waals surface area contributed by atoms with Crippen LogP contribution in [0.4, 0.5) is 13.9 Å². The van der Waals surface area contributed by atoms with E-state index < -0.39 is 11.6 Å². The Labute approximate surface area is 180 Å². The van der Waals surface area contributed by atoms with E-state index in [2.05, 4.69) is 4.98 Å². The minimum atomic E-state index is -0.760. The fourth-order valence-electron chi connectivity index (χ4n) is 3.39. The third-order valence-electron chi connectivity index (χ3n) is 4.85. The van der Waals surface area contributed by atoms with Gasteiger partial charge in [0.15, 0.2) is 22.4 Å². The highest BCUT2D eigenvalue weighted by molar-refractivity contribution is 7.22. The van der Waals surface area contributed by atoms with Crippen molar-refractivity contribution in [2.45, 2.75) is 6.54 Å². The van der Waals surface area contributed by atoms with Gasteiger partial charge in [0.2, 0.25) is 0 Å². The van der Waals surface area contributed by atoms with Crippen molar-refractivity contribution in [1.29, 1.82) is 0 Å². The fraction of sp³-hybridized carbons (Fsp3) is 0.130. The smallest absolute Gasteiger partial charge is 0.260 e. The molecule has 5 rings (SSSR count). The van der Waals surface area contributed by atoms with Crippen molar-refractivity contribution in [3.8, 4) is 11.5 Å². The van der Waals surface area contributed by atoms with E-state index in [1.807, 2.05) is 30.3 Å². The average Bonchev–Trinajstić information content (AvgIpc) is 3.21. The van der Waals surface area contributed by atoms with Crippen molar-refractivity contribution in [3.63, 3.8) is 0 Å². The molecule has 1 aliphatic rings. The maximum atomic E-state index is 14.2. The van der Waals surface area contributed by atoms with Crippen LogP contribution in [0.1, 0.15) is 15.9 Å². The quantitative estimate of drug-likeness (QED) is 0.440. The summed E-state index contributed by atoms with van der Waals surface area (Å²) in [5.74, 6) is -0.707. The highest BCUT2D eigenvalue weighted by atomic mass is 32.1. The van der Waals surface area contributed by atoms with E-state index in [1.165, 1.54) is 11.0 Å². The van der Waals surface area contributed by atoms with Crippen LogP contribution in [0.3, 0.4) is 0 Å². The van der Waals surface area contributed by atoms with Gasteiger partial charge >= 0.3 is 0 Å². The number of carbonyl (C=O) groups is 1. The molecule has 8 heteroatoms. The number of nitrogens with zero attached hydrogens (tertiary/aromatic N) is 2. The number of hydrogen-bond acceptors (Lipinski definition) is 5. The summed E-state index contributed by atoms with van der Waals surface area (Å²) in [5, 5.41) is 0.281. The molecule has 5 nitrogen and oxygen atoms in total. The normalized spacial score (nSPS) is 12.7. The number of thiazole rings is 1. The van der Waals surface area contributed by atoms with Crippen molar-refractivity contribution >= 4 is 32.6 Å². The minimum absolute atomic E-state index is 0.0365. The number of amides is 1. The molecule has 0 saturated heterocycles. The molecule has 4 aromatic rings. The third kappa shape index (κ3) is 3.82. The molecule has 0 radical (unpaired) electrons. The number of carbonyl (C=O) groups excluding carboxylic acids is 1. The zero-order chi connectivity index (χ0) is 21.4. The molecule has 0 bridgehead atoms. The Morgan fingerprint density at radius 2 is 1.77 bits per heavy atom. The molecule has 2 heterocycles. The number of benzene rings is 3. The maximum Gasteiger partial charge on any atom is 0.260 e. The second kappa shape index (κ2) is 7.96. The molecule has 3 aromatic carbocycles. The number of halogens is 2. The Bertz CT molecular complexity index is 1280. The number of aromatic nitrogens is 1. The molecule has 1 amide bonds. The van der Waals surface area contributed by atoms with Crippen molar-refractivity contribution in [1.82, 2.24) is 4.98 Å². The first kappa shape index (κ1) is 19.4. The van der Waals surface area contributed by atoms with Gasteiger partial charge < -0.3 is 9.47 Å². The van der Waals surface area contributed by atoms with Crippen LogP contribution in [0.15, 0.2) is 60.7 Å². The van der Waals surface area contributed by atoms with E-state index in [9.17, 15) is 13.6 Å². The molecule has 0 unspecified atom stereocenters. The summed E-state index contributed by atoms with van der Waals surface area (Å²) < 4.78 is 39.4. The van der Waals surface area contributed by atoms with Crippen LogP contribution in [-0.4, -0.2) is 24.1 Å². The molecule has 0 aliphatic carbocycles.